The summed E-state index contributed by atoms with van der Waals surface area (Å²) in [5.74, 6) is 2.49. The largest absolute Gasteiger partial charge is 0.497 e. The zero-order chi connectivity index (χ0) is 16.4. The van der Waals surface area contributed by atoms with Crippen LogP contribution in [0.4, 0.5) is 0 Å². The standard InChI is InChI=1S/C19H17NO3S/c1-21-16-7-14(18-4-2-3-13-5-6-22-19(13)18)8-17(9-16)23-10-15-11-24-12-20-15/h2-4,7-9,11-12H,5-6,10H2,1H3. The third kappa shape index (κ3) is 2.95. The molecule has 0 bridgehead atoms. The molecule has 0 radical (unpaired) electrons. The van der Waals surface area contributed by atoms with E-state index in [9.17, 15) is 0 Å². The second kappa shape index (κ2) is 6.53. The lowest BCUT2D eigenvalue weighted by Gasteiger charge is -2.12. The molecule has 122 valence electrons. The average molecular weight is 339 g/mol. The van der Waals surface area contributed by atoms with Crippen LogP contribution in [0.25, 0.3) is 11.1 Å². The average Bonchev–Trinajstić information content (AvgIpc) is 3.30. The van der Waals surface area contributed by atoms with Gasteiger partial charge in [-0.1, -0.05) is 18.2 Å². The molecular formula is C19H17NO3S. The summed E-state index contributed by atoms with van der Waals surface area (Å²) in [4.78, 5) is 4.24. The highest BCUT2D eigenvalue weighted by atomic mass is 32.1. The summed E-state index contributed by atoms with van der Waals surface area (Å²) in [6, 6.07) is 12.2. The minimum atomic E-state index is 0.444. The maximum absolute atomic E-state index is 5.90. The van der Waals surface area contributed by atoms with Gasteiger partial charge >= 0.3 is 0 Å². The van der Waals surface area contributed by atoms with E-state index in [4.69, 9.17) is 14.2 Å². The predicted octanol–water partition coefficient (Wildman–Crippen LogP) is 4.33. The van der Waals surface area contributed by atoms with Gasteiger partial charge in [-0.05, 0) is 23.3 Å². The lowest BCUT2D eigenvalue weighted by molar-refractivity contribution is 0.300. The Labute approximate surface area is 144 Å². The second-order valence-corrected chi connectivity index (χ2v) is 6.28. The fourth-order valence-corrected chi connectivity index (χ4v) is 3.38. The number of aromatic nitrogens is 1. The highest BCUT2D eigenvalue weighted by molar-refractivity contribution is 7.07. The van der Waals surface area contributed by atoms with E-state index in [1.165, 1.54) is 5.56 Å². The maximum atomic E-state index is 5.90. The number of hydrogen-bond donors (Lipinski definition) is 0. The van der Waals surface area contributed by atoms with Gasteiger partial charge in [0.15, 0.2) is 0 Å². The van der Waals surface area contributed by atoms with Crippen molar-refractivity contribution in [2.24, 2.45) is 0 Å². The van der Waals surface area contributed by atoms with Crippen molar-refractivity contribution in [3.63, 3.8) is 0 Å². The van der Waals surface area contributed by atoms with Crippen molar-refractivity contribution >= 4 is 11.3 Å². The van der Waals surface area contributed by atoms with Crippen molar-refractivity contribution < 1.29 is 14.2 Å². The molecule has 1 aliphatic heterocycles. The molecule has 0 spiro atoms. The molecule has 1 aromatic heterocycles. The first kappa shape index (κ1) is 15.0. The Morgan fingerprint density at radius 1 is 1.21 bits per heavy atom. The molecule has 2 heterocycles. The van der Waals surface area contributed by atoms with E-state index in [1.54, 1.807) is 24.0 Å². The zero-order valence-electron chi connectivity index (χ0n) is 13.3. The van der Waals surface area contributed by atoms with Gasteiger partial charge < -0.3 is 14.2 Å². The Kier molecular flexibility index (Phi) is 4.09. The van der Waals surface area contributed by atoms with Gasteiger partial charge in [0.2, 0.25) is 0 Å². The first-order chi connectivity index (χ1) is 11.8. The molecule has 0 N–H and O–H groups in total. The highest BCUT2D eigenvalue weighted by Gasteiger charge is 2.18. The monoisotopic (exact) mass is 339 g/mol. The molecule has 0 saturated carbocycles. The number of ether oxygens (including phenoxy) is 3. The van der Waals surface area contributed by atoms with Crippen LogP contribution in [0.15, 0.2) is 47.3 Å². The SMILES string of the molecule is COc1cc(OCc2cscn2)cc(-c2cccc3c2OCC3)c1. The van der Waals surface area contributed by atoms with E-state index in [-0.39, 0.29) is 0 Å². The summed E-state index contributed by atoms with van der Waals surface area (Å²) >= 11 is 1.56. The van der Waals surface area contributed by atoms with E-state index >= 15 is 0 Å². The fourth-order valence-electron chi connectivity index (χ4n) is 2.84. The first-order valence-electron chi connectivity index (χ1n) is 7.77. The van der Waals surface area contributed by atoms with Crippen LogP contribution >= 0.6 is 11.3 Å². The molecule has 4 nitrogen and oxygen atoms in total. The molecule has 0 saturated heterocycles. The molecule has 0 atom stereocenters. The summed E-state index contributed by atoms with van der Waals surface area (Å²) in [6.45, 7) is 1.18. The van der Waals surface area contributed by atoms with Gasteiger partial charge in [0.25, 0.3) is 0 Å². The van der Waals surface area contributed by atoms with E-state index < -0.39 is 0 Å². The summed E-state index contributed by atoms with van der Waals surface area (Å²) in [5.41, 5.74) is 6.08. The first-order valence-corrected chi connectivity index (χ1v) is 8.72. The number of methoxy groups -OCH3 is 1. The van der Waals surface area contributed by atoms with E-state index in [0.29, 0.717) is 6.61 Å². The minimum absolute atomic E-state index is 0.444. The Morgan fingerprint density at radius 2 is 2.12 bits per heavy atom. The van der Waals surface area contributed by atoms with Crippen LogP contribution in [0.2, 0.25) is 0 Å². The van der Waals surface area contributed by atoms with Crippen molar-refractivity contribution in [3.8, 4) is 28.4 Å². The van der Waals surface area contributed by atoms with Crippen LogP contribution in [0.3, 0.4) is 0 Å². The summed E-state index contributed by atoms with van der Waals surface area (Å²) < 4.78 is 17.2. The highest BCUT2D eigenvalue weighted by Crippen LogP contribution is 2.39. The smallest absolute Gasteiger partial charge is 0.131 e. The van der Waals surface area contributed by atoms with Crippen LogP contribution in [0, 0.1) is 0 Å². The fraction of sp³-hybridized carbons (Fsp3) is 0.211. The minimum Gasteiger partial charge on any atom is -0.497 e. The lowest BCUT2D eigenvalue weighted by atomic mass is 10.0. The zero-order valence-corrected chi connectivity index (χ0v) is 14.1. The normalized spacial score (nSPS) is 12.5. The number of fused-ring (bicyclic) bond motifs is 1. The Morgan fingerprint density at radius 3 is 2.96 bits per heavy atom. The van der Waals surface area contributed by atoms with E-state index in [0.717, 1.165) is 47.1 Å². The molecule has 2 aromatic carbocycles. The summed E-state index contributed by atoms with van der Waals surface area (Å²) in [7, 11) is 1.66. The Hall–Kier alpha value is -2.53. The topological polar surface area (TPSA) is 40.6 Å². The van der Waals surface area contributed by atoms with Gasteiger partial charge in [-0.15, -0.1) is 11.3 Å². The van der Waals surface area contributed by atoms with Gasteiger partial charge in [0.05, 0.1) is 24.9 Å². The molecule has 3 aromatic rings. The second-order valence-electron chi connectivity index (χ2n) is 5.56. The van der Waals surface area contributed by atoms with Gasteiger partial charge in [-0.25, -0.2) is 4.98 Å². The Bertz CT molecular complexity index is 846. The Balaban J connectivity index is 1.68. The lowest BCUT2D eigenvalue weighted by Crippen LogP contribution is -1.97. The number of hydrogen-bond acceptors (Lipinski definition) is 5. The molecule has 4 rings (SSSR count). The quantitative estimate of drug-likeness (QED) is 0.694. The van der Waals surface area contributed by atoms with Gasteiger partial charge in [0, 0.05) is 23.4 Å². The van der Waals surface area contributed by atoms with Crippen LogP contribution in [0.5, 0.6) is 17.2 Å². The van der Waals surface area contributed by atoms with Gasteiger partial charge in [0.1, 0.15) is 23.9 Å². The maximum Gasteiger partial charge on any atom is 0.131 e. The van der Waals surface area contributed by atoms with Crippen LogP contribution in [-0.4, -0.2) is 18.7 Å². The van der Waals surface area contributed by atoms with Gasteiger partial charge in [-0.3, -0.25) is 0 Å². The molecular weight excluding hydrogens is 322 g/mol. The number of nitrogens with zero attached hydrogens (tertiary/aromatic N) is 1. The molecule has 5 heteroatoms. The van der Waals surface area contributed by atoms with Crippen molar-refractivity contribution in [2.45, 2.75) is 13.0 Å². The number of thiazole rings is 1. The van der Waals surface area contributed by atoms with Gasteiger partial charge in [-0.2, -0.15) is 0 Å². The van der Waals surface area contributed by atoms with E-state index in [1.807, 2.05) is 23.6 Å². The third-order valence-corrected chi connectivity index (χ3v) is 4.65. The van der Waals surface area contributed by atoms with Crippen LogP contribution in [0.1, 0.15) is 11.3 Å². The molecule has 0 unspecified atom stereocenters. The van der Waals surface area contributed by atoms with Crippen molar-refractivity contribution in [2.75, 3.05) is 13.7 Å². The number of rotatable bonds is 5. The van der Waals surface area contributed by atoms with Crippen molar-refractivity contribution in [3.05, 3.63) is 58.5 Å². The van der Waals surface area contributed by atoms with Crippen molar-refractivity contribution in [1.29, 1.82) is 0 Å². The molecule has 0 fully saturated rings. The van der Waals surface area contributed by atoms with E-state index in [2.05, 4.69) is 23.2 Å². The predicted molar refractivity (Wildman–Crippen MR) is 94.1 cm³/mol. The third-order valence-electron chi connectivity index (χ3n) is 4.01. The van der Waals surface area contributed by atoms with Crippen LogP contribution in [-0.2, 0) is 13.0 Å². The molecule has 1 aliphatic rings. The number of benzene rings is 2. The van der Waals surface area contributed by atoms with Crippen LogP contribution < -0.4 is 14.2 Å². The number of para-hydroxylation sites is 1. The van der Waals surface area contributed by atoms with Crippen molar-refractivity contribution in [1.82, 2.24) is 4.98 Å². The molecule has 0 aliphatic carbocycles. The summed E-state index contributed by atoms with van der Waals surface area (Å²) in [5, 5.41) is 1.99. The molecule has 24 heavy (non-hydrogen) atoms. The summed E-state index contributed by atoms with van der Waals surface area (Å²) in [6.07, 6.45) is 0.959. The molecule has 0 amide bonds.